The van der Waals surface area contributed by atoms with Crippen LogP contribution in [0.1, 0.15) is 80.3 Å². The second-order valence-corrected chi connectivity index (χ2v) is 11.2. The van der Waals surface area contributed by atoms with Crippen LogP contribution in [0, 0.1) is 64.7 Å². The third-order valence-corrected chi connectivity index (χ3v) is 7.17. The summed E-state index contributed by atoms with van der Waals surface area (Å²) in [5.41, 5.74) is 12.8. The number of halogens is 2. The average molecular weight is 669 g/mol. The van der Waals surface area contributed by atoms with Crippen molar-refractivity contribution in [1.82, 2.24) is 0 Å². The van der Waals surface area contributed by atoms with E-state index in [0.717, 1.165) is 6.42 Å². The molecule has 3 heteroatoms. The first-order chi connectivity index (χ1) is 18.1. The van der Waals surface area contributed by atoms with Crippen molar-refractivity contribution >= 4 is 29.0 Å². The molecule has 2 aliphatic rings. The SMILES string of the molecule is CCCCC1[C-]=CC(C(C)(C)C)=C1.Cc1[c-]c2c(cc1C)-c1cc(C)c(C)cc1C2.Cl.Cl.[CH2]=[Zr].[CH3-].[c-]1ccccc1. The molecule has 3 aromatic carbocycles. The van der Waals surface area contributed by atoms with Gasteiger partial charge in [-0.3, -0.25) is 6.08 Å². The van der Waals surface area contributed by atoms with Crippen molar-refractivity contribution in [2.75, 3.05) is 0 Å². The van der Waals surface area contributed by atoms with Crippen LogP contribution in [0.5, 0.6) is 0 Å². The van der Waals surface area contributed by atoms with Gasteiger partial charge in [-0.2, -0.15) is 71.3 Å². The van der Waals surface area contributed by atoms with Gasteiger partial charge in [-0.1, -0.05) is 89.8 Å². The minimum absolute atomic E-state index is 0. The van der Waals surface area contributed by atoms with Crippen LogP contribution in [-0.2, 0) is 30.7 Å². The summed E-state index contributed by atoms with van der Waals surface area (Å²) in [5, 5.41) is 0. The Labute approximate surface area is 280 Å². The van der Waals surface area contributed by atoms with Gasteiger partial charge in [-0.15, -0.1) is 35.9 Å². The number of hydrogen-bond donors (Lipinski definition) is 0. The standard InChI is InChI=1S/C17H17.C13H21.C6H5.CH3.CH2.2ClH.Zr/c1-10-5-14-9-15-6-11(2)13(4)8-17(15)16(14)7-12(10)3;1-5-6-7-11-8-9-12(10-11)13(2,3)4;1-2-4-6-5-3-1;;;;;/h5,7-8H,9H2,1-4H3;9-11H,5-7H2,1-4H3;1-5H;1H3;1H2;2*1H;/q4*-1;;;;. The van der Waals surface area contributed by atoms with Gasteiger partial charge in [0.15, 0.2) is 0 Å². The molecule has 0 amide bonds. The van der Waals surface area contributed by atoms with Crippen molar-refractivity contribution in [3.8, 4) is 11.1 Å². The molecule has 0 fully saturated rings. The van der Waals surface area contributed by atoms with Crippen molar-refractivity contribution < 1.29 is 24.2 Å². The number of benzene rings is 3. The third kappa shape index (κ3) is 12.7. The third-order valence-electron chi connectivity index (χ3n) is 7.17. The Morgan fingerprint density at radius 2 is 1.46 bits per heavy atom. The fourth-order valence-electron chi connectivity index (χ4n) is 4.56. The molecule has 3 aromatic rings. The zero-order chi connectivity index (χ0) is 28.3. The van der Waals surface area contributed by atoms with Gasteiger partial charge < -0.3 is 7.43 Å². The average Bonchev–Trinajstić information content (AvgIpc) is 3.52. The minimum Gasteiger partial charge on any atom is -0.358 e. The fraction of sp³-hybridized carbons (Fsp3) is 0.368. The second-order valence-electron chi connectivity index (χ2n) is 11.2. The predicted octanol–water partition coefficient (Wildman–Crippen LogP) is 11.2. The summed E-state index contributed by atoms with van der Waals surface area (Å²) < 4.78 is 3.34. The molecule has 224 valence electrons. The Kier molecular flexibility index (Phi) is 20.7. The minimum atomic E-state index is 0. The maximum Gasteiger partial charge on any atom is -0.171 e. The van der Waals surface area contributed by atoms with E-state index in [2.05, 4.69) is 108 Å². The van der Waals surface area contributed by atoms with E-state index in [4.69, 9.17) is 0 Å². The Morgan fingerprint density at radius 3 is 1.95 bits per heavy atom. The number of unbranched alkanes of at least 4 members (excludes halogenated alkanes) is 1. The molecule has 5 rings (SSSR count). The van der Waals surface area contributed by atoms with Gasteiger partial charge >= 0.3 is 28.4 Å². The van der Waals surface area contributed by atoms with Crippen LogP contribution < -0.4 is 0 Å². The van der Waals surface area contributed by atoms with Crippen LogP contribution in [0.15, 0.2) is 66.3 Å². The molecule has 2 aliphatic carbocycles. The first-order valence-electron chi connectivity index (χ1n) is 13.8. The van der Waals surface area contributed by atoms with Gasteiger partial charge in [0.25, 0.3) is 0 Å². The summed E-state index contributed by atoms with van der Waals surface area (Å²) in [7, 11) is 0. The Hall–Kier alpha value is -1.53. The summed E-state index contributed by atoms with van der Waals surface area (Å²) >= 11 is 1.30. The molecule has 0 N–H and O–H groups in total. The number of aryl methyl sites for hydroxylation is 4. The molecule has 0 spiro atoms. The maximum absolute atomic E-state index is 3.54. The predicted molar refractivity (Wildman–Crippen MR) is 184 cm³/mol. The Morgan fingerprint density at radius 1 is 0.878 bits per heavy atom. The van der Waals surface area contributed by atoms with E-state index in [-0.39, 0.29) is 32.2 Å². The summed E-state index contributed by atoms with van der Waals surface area (Å²) in [5.74, 6) is 0.592. The first-order valence-corrected chi connectivity index (χ1v) is 15.5. The van der Waals surface area contributed by atoms with Crippen LogP contribution in [0.3, 0.4) is 0 Å². The largest absolute Gasteiger partial charge is 0.358 e. The molecule has 0 aromatic heterocycles. The Balaban J connectivity index is 0. The zero-order valence-electron chi connectivity index (χ0n) is 26.7. The van der Waals surface area contributed by atoms with E-state index in [0.29, 0.717) is 11.3 Å². The van der Waals surface area contributed by atoms with Crippen molar-refractivity contribution in [3.05, 3.63) is 125 Å². The molecule has 41 heavy (non-hydrogen) atoms. The topological polar surface area (TPSA) is 0 Å². The zero-order valence-corrected chi connectivity index (χ0v) is 30.8. The number of allylic oxidation sites excluding steroid dienone is 4. The molecule has 0 saturated heterocycles. The van der Waals surface area contributed by atoms with Crippen LogP contribution in [0.2, 0.25) is 0 Å². The Bertz CT molecular complexity index is 1150. The van der Waals surface area contributed by atoms with E-state index in [9.17, 15) is 0 Å². The fourth-order valence-corrected chi connectivity index (χ4v) is 4.56. The van der Waals surface area contributed by atoms with Crippen molar-refractivity contribution in [1.29, 1.82) is 0 Å². The molecule has 0 saturated carbocycles. The summed E-state index contributed by atoms with van der Waals surface area (Å²) in [6.07, 6.45) is 12.9. The van der Waals surface area contributed by atoms with E-state index < -0.39 is 0 Å². The molecule has 0 nitrogen and oxygen atoms in total. The van der Waals surface area contributed by atoms with Crippen molar-refractivity contribution in [2.45, 2.75) is 81.1 Å². The van der Waals surface area contributed by atoms with Crippen molar-refractivity contribution in [2.24, 2.45) is 11.3 Å². The molecule has 1 atom stereocenters. The molecular weight excluding hydrogens is 619 g/mol. The second kappa shape index (κ2) is 20.4. The molecule has 1 unspecified atom stereocenters. The van der Waals surface area contributed by atoms with Gasteiger partial charge in [0.2, 0.25) is 0 Å². The normalized spacial score (nSPS) is 13.4. The van der Waals surface area contributed by atoms with E-state index in [1.807, 2.05) is 30.3 Å². The molecule has 0 bridgehead atoms. The van der Waals surface area contributed by atoms with Crippen LogP contribution in [0.4, 0.5) is 0 Å². The van der Waals surface area contributed by atoms with Gasteiger partial charge in [-0.05, 0) is 37.0 Å². The van der Waals surface area contributed by atoms with E-state index in [1.54, 1.807) is 0 Å². The number of hydrogen-bond acceptors (Lipinski definition) is 0. The number of fused-ring (bicyclic) bond motifs is 3. The van der Waals surface area contributed by atoms with Gasteiger partial charge in [0, 0.05) is 0 Å². The maximum atomic E-state index is 3.54. The molecule has 0 aliphatic heterocycles. The summed E-state index contributed by atoms with van der Waals surface area (Å²) in [6.45, 7) is 17.7. The molecule has 0 radical (unpaired) electrons. The number of rotatable bonds is 3. The molecular formula is C38H50Cl2Zr-4. The quantitative estimate of drug-likeness (QED) is 0.191. The smallest absolute Gasteiger partial charge is 0.171 e. The van der Waals surface area contributed by atoms with Gasteiger partial charge in [0.1, 0.15) is 0 Å². The van der Waals surface area contributed by atoms with Crippen LogP contribution in [0.25, 0.3) is 11.1 Å². The molecule has 0 heterocycles. The van der Waals surface area contributed by atoms with Crippen LogP contribution in [-0.4, -0.2) is 4.21 Å². The van der Waals surface area contributed by atoms with E-state index >= 15 is 0 Å². The van der Waals surface area contributed by atoms with Gasteiger partial charge in [-0.25, -0.2) is 6.08 Å². The summed E-state index contributed by atoms with van der Waals surface area (Å²) in [6, 6.07) is 23.0. The first kappa shape index (κ1) is 41.6. The van der Waals surface area contributed by atoms with E-state index in [1.165, 1.54) is 93.6 Å². The monoisotopic (exact) mass is 666 g/mol. The van der Waals surface area contributed by atoms with Crippen molar-refractivity contribution in [3.63, 3.8) is 0 Å². The van der Waals surface area contributed by atoms with Crippen LogP contribution >= 0.6 is 24.8 Å². The summed E-state index contributed by atoms with van der Waals surface area (Å²) in [4.78, 5) is 0. The van der Waals surface area contributed by atoms with Gasteiger partial charge in [0.05, 0.1) is 0 Å².